The molecule has 0 radical (unpaired) electrons. The van der Waals surface area contributed by atoms with Crippen molar-refractivity contribution in [2.75, 3.05) is 7.05 Å². The van der Waals surface area contributed by atoms with Gasteiger partial charge in [-0.3, -0.25) is 4.99 Å². The molecule has 0 saturated heterocycles. The average molecular weight is 496 g/mol. The van der Waals surface area contributed by atoms with Gasteiger partial charge in [-0.1, -0.05) is 22.0 Å². The standard InChI is InChI=1S/C16H19BrFN3O.HI/c1-10-4-7-15(22-10)11(2)21-16(19-3)20-9-12-5-6-13(17)8-14(12)18;/h4-8,11H,9H2,1-3H3,(H2,19,20,21);1H. The summed E-state index contributed by atoms with van der Waals surface area (Å²) in [6.45, 7) is 4.23. The minimum absolute atomic E-state index is 0. The molecule has 1 aromatic carbocycles. The third-order valence-corrected chi connectivity index (χ3v) is 3.72. The second kappa shape index (κ2) is 9.27. The second-order valence-electron chi connectivity index (χ2n) is 4.98. The molecule has 1 unspecified atom stereocenters. The number of hydrogen-bond acceptors (Lipinski definition) is 2. The third-order valence-electron chi connectivity index (χ3n) is 3.23. The SMILES string of the molecule is CN=C(NCc1ccc(Br)cc1F)NC(C)c1ccc(C)o1.I. The number of benzene rings is 1. The van der Waals surface area contributed by atoms with Gasteiger partial charge in [0.05, 0.1) is 6.04 Å². The highest BCUT2D eigenvalue weighted by atomic mass is 127. The van der Waals surface area contributed by atoms with Gasteiger partial charge >= 0.3 is 0 Å². The van der Waals surface area contributed by atoms with E-state index in [1.807, 2.05) is 32.0 Å². The number of nitrogens with zero attached hydrogens (tertiary/aromatic N) is 1. The first-order valence-electron chi connectivity index (χ1n) is 6.97. The van der Waals surface area contributed by atoms with Gasteiger partial charge < -0.3 is 15.1 Å². The van der Waals surface area contributed by atoms with Crippen molar-refractivity contribution in [3.05, 3.63) is 57.7 Å². The Labute approximate surface area is 161 Å². The van der Waals surface area contributed by atoms with Crippen LogP contribution < -0.4 is 10.6 Å². The fraction of sp³-hybridized carbons (Fsp3) is 0.312. The van der Waals surface area contributed by atoms with Crippen LogP contribution in [-0.4, -0.2) is 13.0 Å². The van der Waals surface area contributed by atoms with Crippen LogP contribution in [-0.2, 0) is 6.54 Å². The fourth-order valence-electron chi connectivity index (χ4n) is 2.00. The number of aryl methyl sites for hydroxylation is 1. The molecule has 0 bridgehead atoms. The summed E-state index contributed by atoms with van der Waals surface area (Å²) in [7, 11) is 1.67. The quantitative estimate of drug-likeness (QED) is 0.372. The Morgan fingerprint density at radius 2 is 2.09 bits per heavy atom. The number of furan rings is 1. The van der Waals surface area contributed by atoms with Crippen LogP contribution >= 0.6 is 39.9 Å². The molecule has 126 valence electrons. The normalized spacial score (nSPS) is 12.5. The van der Waals surface area contributed by atoms with Gasteiger partial charge in [-0.25, -0.2) is 4.39 Å². The van der Waals surface area contributed by atoms with E-state index in [4.69, 9.17) is 4.42 Å². The van der Waals surface area contributed by atoms with E-state index in [1.165, 1.54) is 6.07 Å². The molecule has 2 rings (SSSR count). The lowest BCUT2D eigenvalue weighted by molar-refractivity contribution is 0.441. The lowest BCUT2D eigenvalue weighted by Crippen LogP contribution is -2.38. The molecule has 0 spiro atoms. The zero-order valence-electron chi connectivity index (χ0n) is 13.2. The Morgan fingerprint density at radius 3 is 2.65 bits per heavy atom. The summed E-state index contributed by atoms with van der Waals surface area (Å²) in [4.78, 5) is 4.14. The molecule has 4 nitrogen and oxygen atoms in total. The van der Waals surface area contributed by atoms with E-state index in [1.54, 1.807) is 13.1 Å². The van der Waals surface area contributed by atoms with Gasteiger partial charge in [0.1, 0.15) is 17.3 Å². The van der Waals surface area contributed by atoms with Gasteiger partial charge in [0, 0.05) is 23.6 Å². The van der Waals surface area contributed by atoms with Crippen LogP contribution in [0.15, 0.2) is 44.2 Å². The summed E-state index contributed by atoms with van der Waals surface area (Å²) >= 11 is 3.24. The predicted molar refractivity (Wildman–Crippen MR) is 105 cm³/mol. The number of hydrogen-bond donors (Lipinski definition) is 2. The lowest BCUT2D eigenvalue weighted by Gasteiger charge is -2.16. The van der Waals surface area contributed by atoms with E-state index in [0.717, 1.165) is 16.0 Å². The van der Waals surface area contributed by atoms with Gasteiger partial charge in [-0.05, 0) is 38.1 Å². The van der Waals surface area contributed by atoms with E-state index in [2.05, 4.69) is 31.6 Å². The summed E-state index contributed by atoms with van der Waals surface area (Å²) in [5.74, 6) is 2.02. The first kappa shape index (κ1) is 20.0. The van der Waals surface area contributed by atoms with Crippen molar-refractivity contribution in [2.24, 2.45) is 4.99 Å². The maximum atomic E-state index is 13.8. The van der Waals surface area contributed by atoms with E-state index < -0.39 is 0 Å². The molecule has 0 aliphatic rings. The lowest BCUT2D eigenvalue weighted by atomic mass is 10.2. The number of nitrogens with one attached hydrogen (secondary N) is 2. The van der Waals surface area contributed by atoms with Gasteiger partial charge in [0.2, 0.25) is 0 Å². The predicted octanol–water partition coefficient (Wildman–Crippen LogP) is 4.53. The number of halogens is 3. The van der Waals surface area contributed by atoms with Crippen LogP contribution in [0, 0.1) is 12.7 Å². The van der Waals surface area contributed by atoms with Gasteiger partial charge in [-0.2, -0.15) is 0 Å². The molecule has 0 fully saturated rings. The molecule has 0 amide bonds. The third kappa shape index (κ3) is 5.80. The van der Waals surface area contributed by atoms with Crippen LogP contribution in [0.4, 0.5) is 4.39 Å². The summed E-state index contributed by atoms with van der Waals surface area (Å²) < 4.78 is 20.1. The van der Waals surface area contributed by atoms with Gasteiger partial charge in [0.25, 0.3) is 0 Å². The molecule has 0 aliphatic carbocycles. The Hall–Kier alpha value is -1.09. The van der Waals surface area contributed by atoms with Crippen LogP contribution in [0.5, 0.6) is 0 Å². The molecule has 2 aromatic rings. The van der Waals surface area contributed by atoms with Crippen LogP contribution in [0.1, 0.15) is 30.0 Å². The van der Waals surface area contributed by atoms with Gasteiger partial charge in [0.15, 0.2) is 5.96 Å². The van der Waals surface area contributed by atoms with Crippen molar-refractivity contribution in [3.8, 4) is 0 Å². The van der Waals surface area contributed by atoms with Crippen LogP contribution in [0.3, 0.4) is 0 Å². The Morgan fingerprint density at radius 1 is 1.35 bits per heavy atom. The second-order valence-corrected chi connectivity index (χ2v) is 5.89. The van der Waals surface area contributed by atoms with Crippen molar-refractivity contribution < 1.29 is 8.81 Å². The number of guanidine groups is 1. The van der Waals surface area contributed by atoms with E-state index >= 15 is 0 Å². The maximum absolute atomic E-state index is 13.8. The minimum atomic E-state index is -0.257. The van der Waals surface area contributed by atoms with Crippen molar-refractivity contribution in [2.45, 2.75) is 26.4 Å². The average Bonchev–Trinajstić information content (AvgIpc) is 2.91. The first-order chi connectivity index (χ1) is 10.5. The summed E-state index contributed by atoms with van der Waals surface area (Å²) in [5, 5.41) is 6.31. The molecule has 1 aromatic heterocycles. The Kier molecular flexibility index (Phi) is 8.04. The molecule has 2 N–H and O–H groups in total. The van der Waals surface area contributed by atoms with Crippen molar-refractivity contribution in [3.63, 3.8) is 0 Å². The van der Waals surface area contributed by atoms with Crippen LogP contribution in [0.2, 0.25) is 0 Å². The van der Waals surface area contributed by atoms with Crippen molar-refractivity contribution in [1.82, 2.24) is 10.6 Å². The molecular weight excluding hydrogens is 476 g/mol. The molecule has 7 heteroatoms. The minimum Gasteiger partial charge on any atom is -0.464 e. The summed E-state index contributed by atoms with van der Waals surface area (Å²) in [6.07, 6.45) is 0. The van der Waals surface area contributed by atoms with Gasteiger partial charge in [-0.15, -0.1) is 24.0 Å². The zero-order chi connectivity index (χ0) is 16.1. The zero-order valence-corrected chi connectivity index (χ0v) is 17.1. The molecular formula is C16H20BrFIN3O. The molecule has 1 heterocycles. The molecule has 0 aliphatic heterocycles. The smallest absolute Gasteiger partial charge is 0.191 e. The molecule has 0 saturated carbocycles. The largest absolute Gasteiger partial charge is 0.464 e. The Balaban J connectivity index is 0.00000264. The molecule has 1 atom stereocenters. The monoisotopic (exact) mass is 495 g/mol. The maximum Gasteiger partial charge on any atom is 0.191 e. The van der Waals surface area contributed by atoms with E-state index in [9.17, 15) is 4.39 Å². The highest BCUT2D eigenvalue weighted by molar-refractivity contribution is 14.0. The molecule has 23 heavy (non-hydrogen) atoms. The first-order valence-corrected chi connectivity index (χ1v) is 7.76. The van der Waals surface area contributed by atoms with Crippen molar-refractivity contribution in [1.29, 1.82) is 0 Å². The van der Waals surface area contributed by atoms with E-state index in [0.29, 0.717) is 18.1 Å². The van der Waals surface area contributed by atoms with Crippen molar-refractivity contribution >= 4 is 45.9 Å². The summed E-state index contributed by atoms with van der Waals surface area (Å²) in [6, 6.07) is 8.80. The number of rotatable bonds is 4. The Bertz CT molecular complexity index is 675. The highest BCUT2D eigenvalue weighted by Gasteiger charge is 2.11. The number of aliphatic imine (C=N–C) groups is 1. The topological polar surface area (TPSA) is 49.6 Å². The highest BCUT2D eigenvalue weighted by Crippen LogP contribution is 2.16. The summed E-state index contributed by atoms with van der Waals surface area (Å²) in [5.41, 5.74) is 0.577. The fourth-order valence-corrected chi connectivity index (χ4v) is 2.33. The van der Waals surface area contributed by atoms with E-state index in [-0.39, 0.29) is 35.8 Å². The van der Waals surface area contributed by atoms with Crippen LogP contribution in [0.25, 0.3) is 0 Å².